The molecule has 0 radical (unpaired) electrons. The maximum atomic E-state index is 13.7. The highest BCUT2D eigenvalue weighted by Crippen LogP contribution is 2.29. The Morgan fingerprint density at radius 1 is 1.65 bits per heavy atom. The van der Waals surface area contributed by atoms with Crippen LogP contribution in [-0.2, 0) is 14.3 Å². The van der Waals surface area contributed by atoms with E-state index in [9.17, 15) is 9.18 Å². The molecule has 8 heteroatoms. The van der Waals surface area contributed by atoms with Crippen molar-refractivity contribution in [3.05, 3.63) is 34.6 Å². The van der Waals surface area contributed by atoms with E-state index in [2.05, 4.69) is 15.4 Å². The summed E-state index contributed by atoms with van der Waals surface area (Å²) >= 11 is 5.72. The van der Waals surface area contributed by atoms with Crippen molar-refractivity contribution in [1.82, 2.24) is 10.6 Å². The molecule has 1 fully saturated rings. The zero-order chi connectivity index (χ0) is 18.4. The van der Waals surface area contributed by atoms with Gasteiger partial charge in [-0.25, -0.2) is 4.39 Å². The number of carbonyl (C=O) groups is 1. The van der Waals surface area contributed by atoms with Crippen LogP contribution in [0.25, 0.3) is 0 Å². The number of benzene rings is 1. The first-order valence-electron chi connectivity index (χ1n) is 8.44. The number of halogens is 3. The van der Waals surface area contributed by atoms with E-state index in [-0.39, 0.29) is 29.9 Å². The lowest BCUT2D eigenvalue weighted by molar-refractivity contribution is -0.125. The predicted molar refractivity (Wildman–Crippen MR) is 88.6 cm³/mol. The molecule has 1 amide bonds. The molecule has 1 heterocycles. The molecule has 0 bridgehead atoms. The molecule has 1 aliphatic rings. The van der Waals surface area contributed by atoms with Gasteiger partial charge in [0.2, 0.25) is 5.91 Å². The Morgan fingerprint density at radius 2 is 2.48 bits per heavy atom. The van der Waals surface area contributed by atoms with Crippen LogP contribution in [0.4, 0.5) is 4.39 Å². The molecule has 130 valence electrons. The highest BCUT2D eigenvalue weighted by Gasteiger charge is 2.27. The van der Waals surface area contributed by atoms with Crippen LogP contribution in [-0.4, -0.2) is 45.8 Å². The molecule has 0 unspecified atom stereocenters. The molecule has 0 spiro atoms. The Hall–Kier alpha value is -0.920. The number of hydrogen-bond donors (Lipinski definition) is 2. The summed E-state index contributed by atoms with van der Waals surface area (Å²) in [6.07, 6.45) is -0.425. The molecule has 2 N–H and O–H groups in total. The molecule has 0 aliphatic carbocycles. The Morgan fingerprint density at radius 3 is 3.22 bits per heavy atom. The average Bonchev–Trinajstić information content (AvgIpc) is 2.78. The van der Waals surface area contributed by atoms with Gasteiger partial charge in [0.15, 0.2) is 0 Å². The van der Waals surface area contributed by atoms with Crippen molar-refractivity contribution in [3.63, 3.8) is 0 Å². The first kappa shape index (κ1) is 15.6. The Kier molecular flexibility index (Phi) is 6.82. The van der Waals surface area contributed by atoms with Crippen LogP contribution >= 0.6 is 24.0 Å². The van der Waals surface area contributed by atoms with Gasteiger partial charge in [0.1, 0.15) is 12.4 Å². The topological polar surface area (TPSA) is 59.6 Å². The van der Waals surface area contributed by atoms with Crippen molar-refractivity contribution in [2.75, 3.05) is 39.9 Å². The molecule has 1 aliphatic heterocycles. The van der Waals surface area contributed by atoms with E-state index >= 15 is 0 Å². The summed E-state index contributed by atoms with van der Waals surface area (Å²) in [6, 6.07) is 4.48. The lowest BCUT2D eigenvalue weighted by Crippen LogP contribution is -2.37. The van der Waals surface area contributed by atoms with E-state index < -0.39 is 31.5 Å². The third kappa shape index (κ3) is 5.90. The van der Waals surface area contributed by atoms with Gasteiger partial charge in [-0.3, -0.25) is 4.79 Å². The van der Waals surface area contributed by atoms with Gasteiger partial charge in [-0.2, -0.15) is 0 Å². The van der Waals surface area contributed by atoms with Crippen LogP contribution in [0.1, 0.15) is 15.8 Å². The molecule has 1 aromatic carbocycles. The van der Waals surface area contributed by atoms with E-state index in [0.29, 0.717) is 25.3 Å². The van der Waals surface area contributed by atoms with E-state index in [0.717, 1.165) is 0 Å². The van der Waals surface area contributed by atoms with Crippen molar-refractivity contribution in [1.29, 1.82) is 0 Å². The van der Waals surface area contributed by atoms with Crippen LogP contribution < -0.4 is 10.6 Å². The van der Waals surface area contributed by atoms with Crippen LogP contribution in [0.2, 0.25) is 5.02 Å². The molecule has 5 nitrogen and oxygen atoms in total. The first-order valence-corrected chi connectivity index (χ1v) is 7.32. The molecule has 2 rings (SSSR count). The van der Waals surface area contributed by atoms with E-state index in [1.807, 2.05) is 0 Å². The zero-order valence-electron chi connectivity index (χ0n) is 15.3. The maximum absolute atomic E-state index is 13.7. The van der Waals surface area contributed by atoms with Crippen LogP contribution in [0.15, 0.2) is 18.2 Å². The van der Waals surface area contributed by atoms with Crippen molar-refractivity contribution in [3.8, 4) is 0 Å². The molecule has 0 aromatic heterocycles. The smallest absolute Gasteiger partial charge is 0.245 e. The van der Waals surface area contributed by atoms with E-state index in [4.69, 9.17) is 20.5 Å². The summed E-state index contributed by atoms with van der Waals surface area (Å²) < 4.78 is 44.8. The second-order valence-electron chi connectivity index (χ2n) is 5.02. The lowest BCUT2D eigenvalue weighted by atomic mass is 9.95. The van der Waals surface area contributed by atoms with Gasteiger partial charge >= 0.3 is 0 Å². The van der Waals surface area contributed by atoms with Gasteiger partial charge in [-0.05, 0) is 17.7 Å². The van der Waals surface area contributed by atoms with Crippen molar-refractivity contribution in [2.45, 2.75) is 6.10 Å². The van der Waals surface area contributed by atoms with Crippen molar-refractivity contribution >= 4 is 29.9 Å². The van der Waals surface area contributed by atoms with Crippen molar-refractivity contribution < 1.29 is 22.8 Å². The second kappa shape index (κ2) is 10.1. The fourth-order valence-corrected chi connectivity index (χ4v) is 2.50. The molecular formula is C15H21Cl2FN2O3. The molecule has 0 saturated carbocycles. The third-order valence-corrected chi connectivity index (χ3v) is 3.75. The summed E-state index contributed by atoms with van der Waals surface area (Å²) in [6.45, 7) is 1.30. The summed E-state index contributed by atoms with van der Waals surface area (Å²) in [7, 11) is -2.62. The normalized spacial score (nSPS) is 23.7. The molecule has 23 heavy (non-hydrogen) atoms. The number of hydrogen-bond acceptors (Lipinski definition) is 4. The standard InChI is InChI=1S/C15H20ClFN2O3.ClH/c1-21-9-14(20)19-8-11-7-18-4-5-22-15(11)10-2-3-12(16)13(17)6-10;/h2-3,6,11,15,18H,4-5,7-9H2,1H3,(H,19,20);1H/t11-,15-;/m0./s1/i1D3;. The SMILES string of the molecule is Cl.[2H]C([2H])([2H])OCC(=O)NC[C@@H]1CNCCO[C@H]1c1ccc(Cl)c(F)c1. The highest BCUT2D eigenvalue weighted by molar-refractivity contribution is 6.30. The number of ether oxygens (including phenoxy) is 2. The molecular weight excluding hydrogens is 346 g/mol. The van der Waals surface area contributed by atoms with E-state index in [1.165, 1.54) is 12.1 Å². The van der Waals surface area contributed by atoms with Crippen LogP contribution in [0.5, 0.6) is 0 Å². The van der Waals surface area contributed by atoms with Gasteiger partial charge in [-0.15, -0.1) is 12.4 Å². The largest absolute Gasteiger partial charge is 0.375 e. The minimum absolute atomic E-state index is 0. The number of amides is 1. The van der Waals surface area contributed by atoms with Gasteiger partial charge < -0.3 is 20.1 Å². The van der Waals surface area contributed by atoms with Gasteiger partial charge in [-0.1, -0.05) is 17.7 Å². The maximum Gasteiger partial charge on any atom is 0.245 e. The van der Waals surface area contributed by atoms with Crippen molar-refractivity contribution in [2.24, 2.45) is 5.92 Å². The molecule has 2 atom stereocenters. The summed E-state index contributed by atoms with van der Waals surface area (Å²) in [5, 5.41) is 5.84. The highest BCUT2D eigenvalue weighted by atomic mass is 35.5. The zero-order valence-corrected chi connectivity index (χ0v) is 13.9. The van der Waals surface area contributed by atoms with Gasteiger partial charge in [0.25, 0.3) is 0 Å². The Bertz CT molecular complexity index is 608. The fourth-order valence-electron chi connectivity index (χ4n) is 2.39. The predicted octanol–water partition coefficient (Wildman–Crippen LogP) is 1.94. The molecule has 1 saturated heterocycles. The number of methoxy groups -OCH3 is 1. The second-order valence-corrected chi connectivity index (χ2v) is 5.43. The first-order chi connectivity index (χ1) is 11.8. The Labute approximate surface area is 150 Å². The minimum Gasteiger partial charge on any atom is -0.375 e. The van der Waals surface area contributed by atoms with Crippen LogP contribution in [0.3, 0.4) is 0 Å². The monoisotopic (exact) mass is 369 g/mol. The quantitative estimate of drug-likeness (QED) is 0.832. The minimum atomic E-state index is -2.62. The number of carbonyl (C=O) groups excluding carboxylic acids is 1. The fraction of sp³-hybridized carbons (Fsp3) is 0.533. The molecule has 1 aromatic rings. The number of rotatable bonds is 5. The average molecular weight is 370 g/mol. The lowest BCUT2D eigenvalue weighted by Gasteiger charge is -2.25. The van der Waals surface area contributed by atoms with E-state index in [1.54, 1.807) is 6.07 Å². The summed E-state index contributed by atoms with van der Waals surface area (Å²) in [5.41, 5.74) is 0.628. The van der Waals surface area contributed by atoms with Crippen LogP contribution in [0, 0.1) is 11.7 Å². The van der Waals surface area contributed by atoms with Gasteiger partial charge in [0, 0.05) is 32.6 Å². The van der Waals surface area contributed by atoms with Gasteiger partial charge in [0.05, 0.1) is 21.8 Å². The summed E-state index contributed by atoms with van der Waals surface area (Å²) in [5.74, 6) is -1.24. The number of nitrogens with one attached hydrogen (secondary N) is 2. The Balaban J connectivity index is 0.00000338. The third-order valence-electron chi connectivity index (χ3n) is 3.45. The summed E-state index contributed by atoms with van der Waals surface area (Å²) in [4.78, 5) is 11.7.